The lowest BCUT2D eigenvalue weighted by molar-refractivity contribution is 0.428. The highest BCUT2D eigenvalue weighted by atomic mass is 32.2. The summed E-state index contributed by atoms with van der Waals surface area (Å²) in [6.07, 6.45) is 5.34. The van der Waals surface area contributed by atoms with E-state index in [4.69, 9.17) is 10.9 Å². The molecule has 0 aromatic heterocycles. The molecule has 6 heteroatoms. The second-order valence-corrected chi connectivity index (χ2v) is 7.62. The summed E-state index contributed by atoms with van der Waals surface area (Å²) in [4.78, 5) is 0.0643. The van der Waals surface area contributed by atoms with Crippen LogP contribution in [0.5, 0.6) is 0 Å². The third-order valence-corrected chi connectivity index (χ3v) is 5.15. The summed E-state index contributed by atoms with van der Waals surface area (Å²) in [5.74, 6) is 2.43. The van der Waals surface area contributed by atoms with Crippen molar-refractivity contribution in [1.29, 1.82) is 0 Å². The number of sulfonamides is 1. The monoisotopic (exact) mass is 295 g/mol. The number of primary sulfonamides is 1. The van der Waals surface area contributed by atoms with Gasteiger partial charge in [0.05, 0.1) is 4.90 Å². The van der Waals surface area contributed by atoms with E-state index in [2.05, 4.69) is 5.32 Å². The average molecular weight is 295 g/mol. The van der Waals surface area contributed by atoms with Crippen LogP contribution in [0.4, 0.5) is 11.4 Å². The van der Waals surface area contributed by atoms with Crippen LogP contribution >= 0.6 is 0 Å². The first-order valence-electron chi connectivity index (χ1n) is 7.11. The third-order valence-electron chi connectivity index (χ3n) is 4.25. The molecule has 20 heavy (non-hydrogen) atoms. The molecule has 2 aliphatic rings. The number of hydrogen-bond donors (Lipinski definition) is 3. The molecule has 2 aliphatic carbocycles. The molecule has 0 aliphatic heterocycles. The maximum atomic E-state index is 11.4. The first kappa shape index (κ1) is 13.7. The molecule has 0 bridgehead atoms. The summed E-state index contributed by atoms with van der Waals surface area (Å²) >= 11 is 0. The summed E-state index contributed by atoms with van der Waals surface area (Å²) in [5, 5.41) is 8.50. The topological polar surface area (TPSA) is 98.2 Å². The molecule has 0 spiro atoms. The zero-order valence-corrected chi connectivity index (χ0v) is 12.2. The normalized spacial score (nSPS) is 19.3. The molecule has 1 aromatic rings. The van der Waals surface area contributed by atoms with Crippen molar-refractivity contribution in [2.75, 3.05) is 17.6 Å². The molecular formula is C14H21N3O2S. The fraction of sp³-hybridized carbons (Fsp3) is 0.571. The van der Waals surface area contributed by atoms with Crippen LogP contribution in [0.25, 0.3) is 0 Å². The summed E-state index contributed by atoms with van der Waals surface area (Å²) < 4.78 is 22.8. The van der Waals surface area contributed by atoms with Gasteiger partial charge in [-0.25, -0.2) is 13.6 Å². The van der Waals surface area contributed by atoms with E-state index in [0.717, 1.165) is 30.0 Å². The van der Waals surface area contributed by atoms with E-state index >= 15 is 0 Å². The number of benzene rings is 1. The van der Waals surface area contributed by atoms with Gasteiger partial charge < -0.3 is 11.1 Å². The Balaban J connectivity index is 1.71. The lowest BCUT2D eigenvalue weighted by atomic mass is 9.98. The standard InChI is InChI=1S/C14H21N3O2S/c15-11-5-12(7-13(6-11)20(16,18)19)17-8-14(9-1-2-9)10-3-4-10/h5-7,9-10,14,17H,1-4,8,15H2,(H2,16,18,19). The molecule has 1 aromatic carbocycles. The highest BCUT2D eigenvalue weighted by molar-refractivity contribution is 7.89. The van der Waals surface area contributed by atoms with E-state index in [-0.39, 0.29) is 4.90 Å². The van der Waals surface area contributed by atoms with Crippen LogP contribution < -0.4 is 16.2 Å². The summed E-state index contributed by atoms with van der Waals surface area (Å²) in [5.41, 5.74) is 6.89. The Hall–Kier alpha value is -1.27. The second-order valence-electron chi connectivity index (χ2n) is 6.06. The minimum atomic E-state index is -3.71. The maximum absolute atomic E-state index is 11.4. The second kappa shape index (κ2) is 4.93. The van der Waals surface area contributed by atoms with Gasteiger partial charge in [0.2, 0.25) is 10.0 Å². The predicted molar refractivity (Wildman–Crippen MR) is 79.7 cm³/mol. The van der Waals surface area contributed by atoms with Gasteiger partial charge in [0.15, 0.2) is 0 Å². The van der Waals surface area contributed by atoms with Crippen LogP contribution in [0.3, 0.4) is 0 Å². The van der Waals surface area contributed by atoms with Gasteiger partial charge in [-0.15, -0.1) is 0 Å². The Kier molecular flexibility index (Phi) is 3.38. The number of nitrogens with one attached hydrogen (secondary N) is 1. The van der Waals surface area contributed by atoms with Crippen LogP contribution in [0.2, 0.25) is 0 Å². The Labute approximate surface area is 119 Å². The first-order valence-corrected chi connectivity index (χ1v) is 8.65. The van der Waals surface area contributed by atoms with Gasteiger partial charge in [0, 0.05) is 17.9 Å². The number of nitrogen functional groups attached to an aromatic ring is 1. The van der Waals surface area contributed by atoms with E-state index in [1.165, 1.54) is 31.7 Å². The molecule has 2 saturated carbocycles. The van der Waals surface area contributed by atoms with E-state index in [0.29, 0.717) is 5.69 Å². The Morgan fingerprint density at radius 1 is 1.15 bits per heavy atom. The molecule has 2 fully saturated rings. The number of rotatable bonds is 6. The van der Waals surface area contributed by atoms with Crippen molar-refractivity contribution in [3.63, 3.8) is 0 Å². The van der Waals surface area contributed by atoms with Crippen LogP contribution in [0, 0.1) is 17.8 Å². The van der Waals surface area contributed by atoms with Gasteiger partial charge in [-0.2, -0.15) is 0 Å². The van der Waals surface area contributed by atoms with Gasteiger partial charge >= 0.3 is 0 Å². The molecular weight excluding hydrogens is 274 g/mol. The zero-order chi connectivity index (χ0) is 14.3. The minimum absolute atomic E-state index is 0.0643. The van der Waals surface area contributed by atoms with Crippen molar-refractivity contribution >= 4 is 21.4 Å². The summed E-state index contributed by atoms with van der Waals surface area (Å²) in [6, 6.07) is 4.70. The number of nitrogens with two attached hydrogens (primary N) is 2. The lowest BCUT2D eigenvalue weighted by Crippen LogP contribution is -2.19. The van der Waals surface area contributed by atoms with Crippen molar-refractivity contribution in [3.05, 3.63) is 18.2 Å². The van der Waals surface area contributed by atoms with Crippen molar-refractivity contribution in [2.24, 2.45) is 22.9 Å². The van der Waals surface area contributed by atoms with E-state index in [1.54, 1.807) is 12.1 Å². The lowest BCUT2D eigenvalue weighted by Gasteiger charge is -2.17. The molecule has 0 saturated heterocycles. The summed E-state index contributed by atoms with van der Waals surface area (Å²) in [7, 11) is -3.71. The maximum Gasteiger partial charge on any atom is 0.238 e. The summed E-state index contributed by atoms with van der Waals surface area (Å²) in [6.45, 7) is 0.892. The molecule has 0 unspecified atom stereocenters. The fourth-order valence-corrected chi connectivity index (χ4v) is 3.48. The SMILES string of the molecule is Nc1cc(NCC(C2CC2)C2CC2)cc(S(N)(=O)=O)c1. The largest absolute Gasteiger partial charge is 0.399 e. The predicted octanol–water partition coefficient (Wildman–Crippen LogP) is 1.76. The zero-order valence-electron chi connectivity index (χ0n) is 11.4. The van der Waals surface area contributed by atoms with Crippen LogP contribution in [0.1, 0.15) is 25.7 Å². The van der Waals surface area contributed by atoms with Crippen molar-refractivity contribution in [2.45, 2.75) is 30.6 Å². The number of hydrogen-bond acceptors (Lipinski definition) is 4. The molecule has 0 heterocycles. The fourth-order valence-electron chi connectivity index (χ4n) is 2.89. The minimum Gasteiger partial charge on any atom is -0.399 e. The molecule has 0 radical (unpaired) electrons. The van der Waals surface area contributed by atoms with Crippen molar-refractivity contribution < 1.29 is 8.42 Å². The highest BCUT2D eigenvalue weighted by Gasteiger charge is 2.40. The number of anilines is 2. The van der Waals surface area contributed by atoms with Gasteiger partial charge in [-0.05, 0) is 61.6 Å². The van der Waals surface area contributed by atoms with E-state index in [9.17, 15) is 8.42 Å². The van der Waals surface area contributed by atoms with Gasteiger partial charge in [-0.3, -0.25) is 0 Å². The molecule has 5 N–H and O–H groups in total. The van der Waals surface area contributed by atoms with Gasteiger partial charge in [-0.1, -0.05) is 0 Å². The van der Waals surface area contributed by atoms with Crippen LogP contribution in [-0.4, -0.2) is 15.0 Å². The Morgan fingerprint density at radius 3 is 2.25 bits per heavy atom. The molecule has 0 amide bonds. The van der Waals surface area contributed by atoms with Gasteiger partial charge in [0.1, 0.15) is 0 Å². The Bertz CT molecular complexity index is 595. The van der Waals surface area contributed by atoms with Gasteiger partial charge in [0.25, 0.3) is 0 Å². The van der Waals surface area contributed by atoms with Crippen LogP contribution in [0.15, 0.2) is 23.1 Å². The average Bonchev–Trinajstić information content (AvgIpc) is 3.22. The highest BCUT2D eigenvalue weighted by Crippen LogP contribution is 2.49. The molecule has 110 valence electrons. The van der Waals surface area contributed by atoms with Crippen molar-refractivity contribution in [1.82, 2.24) is 0 Å². The molecule has 0 atom stereocenters. The smallest absolute Gasteiger partial charge is 0.238 e. The third kappa shape index (κ3) is 3.24. The molecule has 5 nitrogen and oxygen atoms in total. The van der Waals surface area contributed by atoms with E-state index in [1.807, 2.05) is 0 Å². The Morgan fingerprint density at radius 2 is 1.75 bits per heavy atom. The first-order chi connectivity index (χ1) is 9.43. The quantitative estimate of drug-likeness (QED) is 0.696. The van der Waals surface area contributed by atoms with Crippen molar-refractivity contribution in [3.8, 4) is 0 Å². The van der Waals surface area contributed by atoms with Crippen LogP contribution in [-0.2, 0) is 10.0 Å². The van der Waals surface area contributed by atoms with E-state index < -0.39 is 10.0 Å². The molecule has 3 rings (SSSR count).